The molecule has 61 valence electrons. The lowest BCUT2D eigenvalue weighted by atomic mass is 9.97. The van der Waals surface area contributed by atoms with Crippen molar-refractivity contribution in [2.24, 2.45) is 11.8 Å². The van der Waals surface area contributed by atoms with Crippen LogP contribution >= 0.6 is 0 Å². The summed E-state index contributed by atoms with van der Waals surface area (Å²) in [5.74, 6) is 1.43. The van der Waals surface area contributed by atoms with Crippen molar-refractivity contribution in [3.63, 3.8) is 0 Å². The molecule has 1 atom stereocenters. The molecule has 1 nitrogen and oxygen atoms in total. The van der Waals surface area contributed by atoms with E-state index in [-0.39, 0.29) is 6.61 Å². The van der Waals surface area contributed by atoms with Gasteiger partial charge in [-0.2, -0.15) is 0 Å². The Balaban J connectivity index is 3.12. The van der Waals surface area contributed by atoms with Gasteiger partial charge < -0.3 is 0 Å². The number of hydrogen-bond donors (Lipinski definition) is 0. The van der Waals surface area contributed by atoms with E-state index in [0.717, 1.165) is 12.3 Å². The van der Waals surface area contributed by atoms with Gasteiger partial charge in [0.1, 0.15) is 0 Å². The SMILES string of the molecule is CC(C)CCC(C)CC[O]. The highest BCUT2D eigenvalue weighted by atomic mass is 16.2. The fourth-order valence-electron chi connectivity index (χ4n) is 0.963. The molecule has 0 spiro atoms. The quantitative estimate of drug-likeness (QED) is 0.564. The molecule has 0 aromatic rings. The molecule has 0 aliphatic carbocycles. The van der Waals surface area contributed by atoms with Gasteiger partial charge in [0.2, 0.25) is 0 Å². The minimum atomic E-state index is 0.0965. The molecule has 0 aliphatic rings. The predicted octanol–water partition coefficient (Wildman–Crippen LogP) is 2.88. The molecular formula is C9H19O. The first-order chi connectivity index (χ1) is 4.66. The van der Waals surface area contributed by atoms with Gasteiger partial charge in [-0.1, -0.05) is 33.6 Å². The molecule has 0 aromatic carbocycles. The summed E-state index contributed by atoms with van der Waals surface area (Å²) < 4.78 is 0. The molecule has 0 aromatic heterocycles. The van der Waals surface area contributed by atoms with Gasteiger partial charge in [-0.05, 0) is 18.3 Å². The van der Waals surface area contributed by atoms with Crippen molar-refractivity contribution in [3.8, 4) is 0 Å². The van der Waals surface area contributed by atoms with Gasteiger partial charge >= 0.3 is 0 Å². The average Bonchev–Trinajstić information content (AvgIpc) is 1.85. The standard InChI is InChI=1S/C9H19O/c1-8(2)4-5-9(3)6-7-10/h8-9H,4-7H2,1-3H3. The van der Waals surface area contributed by atoms with Gasteiger partial charge in [0.05, 0.1) is 6.61 Å². The summed E-state index contributed by atoms with van der Waals surface area (Å²) in [4.78, 5) is 0. The molecular weight excluding hydrogens is 124 g/mol. The molecule has 0 saturated carbocycles. The second kappa shape index (κ2) is 5.72. The molecule has 0 aliphatic heterocycles. The number of hydrogen-bond acceptors (Lipinski definition) is 0. The maximum Gasteiger partial charge on any atom is 0.0824 e. The number of rotatable bonds is 5. The minimum absolute atomic E-state index is 0.0965. The predicted molar refractivity (Wildman–Crippen MR) is 43.4 cm³/mol. The maximum atomic E-state index is 10.2. The normalized spacial score (nSPS) is 14.1. The molecule has 0 fully saturated rings. The van der Waals surface area contributed by atoms with Crippen LogP contribution in [-0.2, 0) is 5.11 Å². The lowest BCUT2D eigenvalue weighted by molar-refractivity contribution is 0.170. The zero-order chi connectivity index (χ0) is 7.98. The summed E-state index contributed by atoms with van der Waals surface area (Å²) in [6.45, 7) is 6.72. The van der Waals surface area contributed by atoms with Crippen molar-refractivity contribution in [1.82, 2.24) is 0 Å². The van der Waals surface area contributed by atoms with Crippen molar-refractivity contribution in [3.05, 3.63) is 0 Å². The summed E-state index contributed by atoms with van der Waals surface area (Å²) in [5.41, 5.74) is 0. The highest BCUT2D eigenvalue weighted by Crippen LogP contribution is 2.13. The molecule has 10 heavy (non-hydrogen) atoms. The van der Waals surface area contributed by atoms with Crippen LogP contribution in [0.3, 0.4) is 0 Å². The molecule has 0 N–H and O–H groups in total. The van der Waals surface area contributed by atoms with Crippen LogP contribution in [0, 0.1) is 11.8 Å². The molecule has 1 heteroatoms. The summed E-state index contributed by atoms with van der Waals surface area (Å²) in [6.07, 6.45) is 3.34. The van der Waals surface area contributed by atoms with Gasteiger partial charge in [-0.25, -0.2) is 5.11 Å². The van der Waals surface area contributed by atoms with Crippen molar-refractivity contribution in [2.45, 2.75) is 40.0 Å². The van der Waals surface area contributed by atoms with Gasteiger partial charge in [-0.3, -0.25) is 0 Å². The summed E-state index contributed by atoms with van der Waals surface area (Å²) >= 11 is 0. The zero-order valence-corrected chi connectivity index (χ0v) is 7.39. The van der Waals surface area contributed by atoms with E-state index in [1.807, 2.05) is 0 Å². The van der Waals surface area contributed by atoms with Crippen LogP contribution in [0.2, 0.25) is 0 Å². The van der Waals surface area contributed by atoms with Crippen LogP contribution in [0.1, 0.15) is 40.0 Å². The Kier molecular flexibility index (Phi) is 5.70. The monoisotopic (exact) mass is 143 g/mol. The summed E-state index contributed by atoms with van der Waals surface area (Å²) in [6, 6.07) is 0. The van der Waals surface area contributed by atoms with E-state index >= 15 is 0 Å². The zero-order valence-electron chi connectivity index (χ0n) is 7.39. The van der Waals surface area contributed by atoms with E-state index in [0.29, 0.717) is 5.92 Å². The van der Waals surface area contributed by atoms with Crippen LogP contribution in [0.4, 0.5) is 0 Å². The van der Waals surface area contributed by atoms with Gasteiger partial charge in [0.25, 0.3) is 0 Å². The Hall–Kier alpha value is -0.0400. The minimum Gasteiger partial charge on any atom is -0.237 e. The van der Waals surface area contributed by atoms with E-state index in [1.54, 1.807) is 0 Å². The molecule has 1 radical (unpaired) electrons. The molecule has 0 saturated heterocycles. The Morgan fingerprint density at radius 1 is 1.00 bits per heavy atom. The maximum absolute atomic E-state index is 10.2. The third kappa shape index (κ3) is 6.09. The largest absolute Gasteiger partial charge is 0.237 e. The Morgan fingerprint density at radius 3 is 2.00 bits per heavy atom. The highest BCUT2D eigenvalue weighted by Gasteiger charge is 2.02. The smallest absolute Gasteiger partial charge is 0.0824 e. The third-order valence-electron chi connectivity index (χ3n) is 1.85. The molecule has 0 amide bonds. The van der Waals surface area contributed by atoms with Crippen molar-refractivity contribution in [2.75, 3.05) is 6.61 Å². The van der Waals surface area contributed by atoms with Gasteiger partial charge in [0.15, 0.2) is 0 Å². The Labute approximate surface area is 64.5 Å². The van der Waals surface area contributed by atoms with Crippen LogP contribution in [0.5, 0.6) is 0 Å². The first kappa shape index (κ1) is 9.96. The second-order valence-corrected chi connectivity index (χ2v) is 3.57. The van der Waals surface area contributed by atoms with E-state index in [2.05, 4.69) is 20.8 Å². The van der Waals surface area contributed by atoms with Crippen molar-refractivity contribution in [1.29, 1.82) is 0 Å². The van der Waals surface area contributed by atoms with E-state index < -0.39 is 0 Å². The molecule has 0 rings (SSSR count). The second-order valence-electron chi connectivity index (χ2n) is 3.57. The summed E-state index contributed by atoms with van der Waals surface area (Å²) in [5, 5.41) is 10.2. The average molecular weight is 143 g/mol. The Bertz CT molecular complexity index is 69.1. The first-order valence-corrected chi connectivity index (χ1v) is 4.25. The molecule has 0 bridgehead atoms. The van der Waals surface area contributed by atoms with Gasteiger partial charge in [0, 0.05) is 0 Å². The van der Waals surface area contributed by atoms with Crippen LogP contribution in [-0.4, -0.2) is 6.61 Å². The molecule has 0 heterocycles. The first-order valence-electron chi connectivity index (χ1n) is 4.25. The van der Waals surface area contributed by atoms with E-state index in [9.17, 15) is 5.11 Å². The van der Waals surface area contributed by atoms with Crippen molar-refractivity contribution < 1.29 is 5.11 Å². The van der Waals surface area contributed by atoms with Crippen LogP contribution in [0.25, 0.3) is 0 Å². The lowest BCUT2D eigenvalue weighted by Gasteiger charge is -2.09. The lowest BCUT2D eigenvalue weighted by Crippen LogP contribution is -1.99. The Morgan fingerprint density at radius 2 is 1.60 bits per heavy atom. The van der Waals surface area contributed by atoms with Crippen molar-refractivity contribution >= 4 is 0 Å². The van der Waals surface area contributed by atoms with Crippen LogP contribution in [0.15, 0.2) is 0 Å². The van der Waals surface area contributed by atoms with E-state index in [4.69, 9.17) is 0 Å². The van der Waals surface area contributed by atoms with E-state index in [1.165, 1.54) is 12.8 Å². The fourth-order valence-corrected chi connectivity index (χ4v) is 0.963. The molecule has 1 unspecified atom stereocenters. The highest BCUT2D eigenvalue weighted by molar-refractivity contribution is 4.54. The summed E-state index contributed by atoms with van der Waals surface area (Å²) in [7, 11) is 0. The third-order valence-corrected chi connectivity index (χ3v) is 1.85. The van der Waals surface area contributed by atoms with Crippen LogP contribution < -0.4 is 0 Å². The fraction of sp³-hybridized carbons (Fsp3) is 1.00. The topological polar surface area (TPSA) is 19.9 Å². The van der Waals surface area contributed by atoms with Gasteiger partial charge in [-0.15, -0.1) is 0 Å².